The van der Waals surface area contributed by atoms with Gasteiger partial charge in [0.15, 0.2) is 6.61 Å². The molecule has 1 heterocycles. The molecule has 1 fully saturated rings. The molecule has 0 aliphatic carbocycles. The first-order valence-electron chi connectivity index (χ1n) is 7.73. The van der Waals surface area contributed by atoms with Crippen molar-refractivity contribution in [3.8, 4) is 5.75 Å². The molecule has 0 spiro atoms. The first-order valence-corrected chi connectivity index (χ1v) is 9.45. The summed E-state index contributed by atoms with van der Waals surface area (Å²) in [5.74, 6) is 0.447. The molecule has 1 saturated heterocycles. The van der Waals surface area contributed by atoms with E-state index in [9.17, 15) is 13.2 Å². The van der Waals surface area contributed by atoms with Gasteiger partial charge in [0, 0.05) is 13.1 Å². The van der Waals surface area contributed by atoms with E-state index in [0.29, 0.717) is 13.1 Å². The Labute approximate surface area is 137 Å². The molecule has 1 aliphatic heterocycles. The zero-order valence-electron chi connectivity index (χ0n) is 13.6. The Morgan fingerprint density at radius 3 is 2.61 bits per heavy atom. The SMILES string of the molecule is Cc1cccc(C)c1OCC(=O)N1CCC[C@@H](CS(N)(=O)=O)C1. The Morgan fingerprint density at radius 1 is 1.35 bits per heavy atom. The predicted molar refractivity (Wildman–Crippen MR) is 88.7 cm³/mol. The van der Waals surface area contributed by atoms with Gasteiger partial charge in [-0.1, -0.05) is 18.2 Å². The minimum absolute atomic E-state index is 0.0339. The topological polar surface area (TPSA) is 89.7 Å². The molecule has 128 valence electrons. The van der Waals surface area contributed by atoms with Crippen LogP contribution in [0.3, 0.4) is 0 Å². The fraction of sp³-hybridized carbons (Fsp3) is 0.562. The number of carbonyl (C=O) groups excluding carboxylic acids is 1. The lowest BCUT2D eigenvalue weighted by Gasteiger charge is -2.32. The minimum Gasteiger partial charge on any atom is -0.483 e. The zero-order valence-corrected chi connectivity index (χ0v) is 14.4. The smallest absolute Gasteiger partial charge is 0.260 e. The maximum absolute atomic E-state index is 12.3. The van der Waals surface area contributed by atoms with Crippen LogP contribution >= 0.6 is 0 Å². The van der Waals surface area contributed by atoms with Gasteiger partial charge in [-0.3, -0.25) is 4.79 Å². The van der Waals surface area contributed by atoms with E-state index in [1.807, 2.05) is 32.0 Å². The number of piperidine rings is 1. The van der Waals surface area contributed by atoms with Gasteiger partial charge in [0.05, 0.1) is 5.75 Å². The van der Waals surface area contributed by atoms with E-state index in [0.717, 1.165) is 29.7 Å². The second kappa shape index (κ2) is 7.31. The van der Waals surface area contributed by atoms with E-state index >= 15 is 0 Å². The van der Waals surface area contributed by atoms with E-state index in [2.05, 4.69) is 0 Å². The number of benzene rings is 1. The molecule has 0 saturated carbocycles. The molecule has 1 aromatic rings. The molecular formula is C16H24N2O4S. The molecule has 1 aromatic carbocycles. The van der Waals surface area contributed by atoms with Crippen molar-refractivity contribution in [2.75, 3.05) is 25.4 Å². The number of primary sulfonamides is 1. The van der Waals surface area contributed by atoms with Gasteiger partial charge in [-0.25, -0.2) is 13.6 Å². The van der Waals surface area contributed by atoms with Gasteiger partial charge in [-0.2, -0.15) is 0 Å². The number of carbonyl (C=O) groups is 1. The van der Waals surface area contributed by atoms with Gasteiger partial charge in [0.1, 0.15) is 5.75 Å². The summed E-state index contributed by atoms with van der Waals surface area (Å²) in [5.41, 5.74) is 1.98. The van der Waals surface area contributed by atoms with Crippen LogP contribution in [0.2, 0.25) is 0 Å². The highest BCUT2D eigenvalue weighted by molar-refractivity contribution is 7.89. The van der Waals surface area contributed by atoms with Gasteiger partial charge < -0.3 is 9.64 Å². The van der Waals surface area contributed by atoms with Crippen molar-refractivity contribution in [3.05, 3.63) is 29.3 Å². The molecule has 1 aliphatic rings. The summed E-state index contributed by atoms with van der Waals surface area (Å²) < 4.78 is 28.1. The maximum Gasteiger partial charge on any atom is 0.260 e. The quantitative estimate of drug-likeness (QED) is 0.872. The van der Waals surface area contributed by atoms with Crippen molar-refractivity contribution in [2.24, 2.45) is 11.1 Å². The third-order valence-electron chi connectivity index (χ3n) is 4.09. The van der Waals surface area contributed by atoms with E-state index < -0.39 is 10.0 Å². The van der Waals surface area contributed by atoms with Crippen molar-refractivity contribution in [1.82, 2.24) is 4.90 Å². The Bertz CT molecular complexity index is 652. The molecule has 0 radical (unpaired) electrons. The number of ether oxygens (including phenoxy) is 1. The molecule has 7 heteroatoms. The van der Waals surface area contributed by atoms with Gasteiger partial charge in [-0.15, -0.1) is 0 Å². The lowest BCUT2D eigenvalue weighted by Crippen LogP contribution is -2.44. The van der Waals surface area contributed by atoms with Crippen molar-refractivity contribution < 1.29 is 17.9 Å². The minimum atomic E-state index is -3.51. The Hall–Kier alpha value is -1.60. The number of para-hydroxylation sites is 1. The first kappa shape index (κ1) is 17.7. The number of amides is 1. The van der Waals surface area contributed by atoms with Crippen molar-refractivity contribution in [2.45, 2.75) is 26.7 Å². The summed E-state index contributed by atoms with van der Waals surface area (Å²) in [6, 6.07) is 5.83. The van der Waals surface area contributed by atoms with Gasteiger partial charge >= 0.3 is 0 Å². The van der Waals surface area contributed by atoms with Crippen LogP contribution in [-0.2, 0) is 14.8 Å². The number of nitrogens with zero attached hydrogens (tertiary/aromatic N) is 1. The molecular weight excluding hydrogens is 316 g/mol. The fourth-order valence-corrected chi connectivity index (χ4v) is 3.94. The molecule has 0 unspecified atom stereocenters. The molecule has 2 rings (SSSR count). The first-order chi connectivity index (χ1) is 10.8. The Balaban J connectivity index is 1.93. The van der Waals surface area contributed by atoms with Gasteiger partial charge in [-0.05, 0) is 43.7 Å². The lowest BCUT2D eigenvalue weighted by molar-refractivity contribution is -0.135. The van der Waals surface area contributed by atoms with Crippen LogP contribution in [0.5, 0.6) is 5.75 Å². The Morgan fingerprint density at radius 2 is 2.00 bits per heavy atom. The average Bonchev–Trinajstić information content (AvgIpc) is 2.45. The summed E-state index contributed by atoms with van der Waals surface area (Å²) in [7, 11) is -3.51. The maximum atomic E-state index is 12.3. The summed E-state index contributed by atoms with van der Waals surface area (Å²) in [5, 5.41) is 5.10. The molecule has 1 amide bonds. The van der Waals surface area contributed by atoms with Crippen LogP contribution in [0.1, 0.15) is 24.0 Å². The predicted octanol–water partition coefficient (Wildman–Crippen LogP) is 1.21. The van der Waals surface area contributed by atoms with Crippen LogP contribution in [0.25, 0.3) is 0 Å². The molecule has 2 N–H and O–H groups in total. The second-order valence-corrected chi connectivity index (χ2v) is 7.85. The van der Waals surface area contributed by atoms with Gasteiger partial charge in [0.2, 0.25) is 10.0 Å². The highest BCUT2D eigenvalue weighted by Gasteiger charge is 2.26. The van der Waals surface area contributed by atoms with Crippen LogP contribution in [0.15, 0.2) is 18.2 Å². The highest BCUT2D eigenvalue weighted by Crippen LogP contribution is 2.23. The molecule has 23 heavy (non-hydrogen) atoms. The monoisotopic (exact) mass is 340 g/mol. The van der Waals surface area contributed by atoms with Crippen molar-refractivity contribution in [3.63, 3.8) is 0 Å². The zero-order chi connectivity index (χ0) is 17.0. The fourth-order valence-electron chi connectivity index (χ4n) is 3.01. The molecule has 6 nitrogen and oxygen atoms in total. The average molecular weight is 340 g/mol. The second-order valence-electron chi connectivity index (χ2n) is 6.19. The number of nitrogens with two attached hydrogens (primary N) is 1. The molecule has 0 aromatic heterocycles. The Kier molecular flexibility index (Phi) is 5.64. The number of aryl methyl sites for hydroxylation is 2. The number of rotatable bonds is 5. The molecule has 1 atom stereocenters. The van der Waals surface area contributed by atoms with E-state index in [-0.39, 0.29) is 24.2 Å². The number of likely N-dealkylation sites (tertiary alicyclic amines) is 1. The van der Waals surface area contributed by atoms with E-state index in [1.54, 1.807) is 4.90 Å². The highest BCUT2D eigenvalue weighted by atomic mass is 32.2. The largest absolute Gasteiger partial charge is 0.483 e. The van der Waals surface area contributed by atoms with Crippen molar-refractivity contribution >= 4 is 15.9 Å². The van der Waals surface area contributed by atoms with Gasteiger partial charge in [0.25, 0.3) is 5.91 Å². The van der Waals surface area contributed by atoms with Crippen LogP contribution in [-0.4, -0.2) is 44.7 Å². The number of hydrogen-bond donors (Lipinski definition) is 1. The summed E-state index contributed by atoms with van der Waals surface area (Å²) in [6.45, 7) is 4.90. The standard InChI is InChI=1S/C16H24N2O4S/c1-12-5-3-6-13(2)16(12)22-10-15(19)18-8-4-7-14(9-18)11-23(17,20)21/h3,5-6,14H,4,7-11H2,1-2H3,(H2,17,20,21)/t14-/m1/s1. The third kappa shape index (κ3) is 5.21. The van der Waals surface area contributed by atoms with E-state index in [1.165, 1.54) is 0 Å². The third-order valence-corrected chi connectivity index (χ3v) is 5.02. The van der Waals surface area contributed by atoms with Crippen molar-refractivity contribution in [1.29, 1.82) is 0 Å². The summed E-state index contributed by atoms with van der Waals surface area (Å²) in [4.78, 5) is 14.0. The normalized spacial score (nSPS) is 18.7. The lowest BCUT2D eigenvalue weighted by atomic mass is 10.00. The molecule has 0 bridgehead atoms. The summed E-state index contributed by atoms with van der Waals surface area (Å²) >= 11 is 0. The van der Waals surface area contributed by atoms with Crippen LogP contribution in [0, 0.1) is 19.8 Å². The summed E-state index contributed by atoms with van der Waals surface area (Å²) in [6.07, 6.45) is 1.56. The number of sulfonamides is 1. The van der Waals surface area contributed by atoms with Crippen LogP contribution in [0.4, 0.5) is 0 Å². The number of hydrogen-bond acceptors (Lipinski definition) is 4. The van der Waals surface area contributed by atoms with E-state index in [4.69, 9.17) is 9.88 Å². The van der Waals surface area contributed by atoms with Crippen LogP contribution < -0.4 is 9.88 Å².